The van der Waals surface area contributed by atoms with E-state index in [0.29, 0.717) is 5.25 Å². The molecule has 0 amide bonds. The molecule has 0 radical (unpaired) electrons. The Morgan fingerprint density at radius 1 is 1.79 bits per heavy atom. The third-order valence-electron chi connectivity index (χ3n) is 1.72. The number of nitrogens with zero attached hydrogens (tertiary/aromatic N) is 1. The first-order chi connectivity index (χ1) is 6.76. The Morgan fingerprint density at radius 2 is 2.57 bits per heavy atom. The van der Waals surface area contributed by atoms with Crippen LogP contribution in [0.3, 0.4) is 0 Å². The topological polar surface area (TPSA) is 71.2 Å². The van der Waals surface area contributed by atoms with Crippen LogP contribution in [0.1, 0.15) is 18.2 Å². The van der Waals surface area contributed by atoms with Crippen molar-refractivity contribution in [1.29, 1.82) is 0 Å². The molecule has 0 bridgehead atoms. The van der Waals surface area contributed by atoms with Crippen molar-refractivity contribution in [2.24, 2.45) is 5.84 Å². The highest BCUT2D eigenvalue weighted by Crippen LogP contribution is 2.25. The minimum absolute atomic E-state index is 0.256. The van der Waals surface area contributed by atoms with E-state index in [2.05, 4.69) is 17.3 Å². The molecule has 1 heterocycles. The molecule has 0 aliphatic heterocycles. The first-order valence-electron chi connectivity index (χ1n) is 4.40. The number of aliphatic hydroxyl groups is 1. The van der Waals surface area contributed by atoms with Gasteiger partial charge >= 0.3 is 0 Å². The second-order valence-corrected chi connectivity index (χ2v) is 5.45. The fourth-order valence-corrected chi connectivity index (χ4v) is 2.68. The third kappa shape index (κ3) is 3.83. The Kier molecular flexibility index (Phi) is 5.24. The number of nitrogens with one attached hydrogen (secondary N) is 1. The highest BCUT2D eigenvalue weighted by atomic mass is 32.2. The van der Waals surface area contributed by atoms with Crippen LogP contribution in [-0.4, -0.2) is 21.9 Å². The lowest BCUT2D eigenvalue weighted by molar-refractivity contribution is 0.289. The van der Waals surface area contributed by atoms with Crippen molar-refractivity contribution in [3.05, 3.63) is 11.1 Å². The van der Waals surface area contributed by atoms with Crippen LogP contribution in [0.5, 0.6) is 0 Å². The molecule has 1 aromatic rings. The summed E-state index contributed by atoms with van der Waals surface area (Å²) < 4.78 is 0. The molecule has 1 rings (SSSR count). The van der Waals surface area contributed by atoms with E-state index in [9.17, 15) is 0 Å². The van der Waals surface area contributed by atoms with Gasteiger partial charge in [-0.1, -0.05) is 6.92 Å². The molecule has 6 heteroatoms. The van der Waals surface area contributed by atoms with Crippen LogP contribution < -0.4 is 11.3 Å². The van der Waals surface area contributed by atoms with E-state index in [1.807, 2.05) is 18.0 Å². The van der Waals surface area contributed by atoms with Gasteiger partial charge in [-0.05, 0) is 6.42 Å². The summed E-state index contributed by atoms with van der Waals surface area (Å²) in [7, 11) is 0. The van der Waals surface area contributed by atoms with E-state index in [0.717, 1.165) is 17.3 Å². The molecule has 1 unspecified atom stereocenters. The average Bonchev–Trinajstić information content (AvgIpc) is 2.63. The number of hydrogen-bond donors (Lipinski definition) is 3. The van der Waals surface area contributed by atoms with E-state index < -0.39 is 0 Å². The highest BCUT2D eigenvalue weighted by molar-refractivity contribution is 7.99. The van der Waals surface area contributed by atoms with Gasteiger partial charge in [0, 0.05) is 28.7 Å². The Morgan fingerprint density at radius 3 is 3.14 bits per heavy atom. The van der Waals surface area contributed by atoms with Gasteiger partial charge in [-0.3, -0.25) is 5.43 Å². The monoisotopic (exact) mass is 233 g/mol. The molecule has 0 saturated heterocycles. The largest absolute Gasteiger partial charge is 0.396 e. The van der Waals surface area contributed by atoms with E-state index in [1.165, 1.54) is 4.88 Å². The molecular formula is C8H15N3OS2. The van der Waals surface area contributed by atoms with Crippen LogP contribution in [0.15, 0.2) is 6.20 Å². The van der Waals surface area contributed by atoms with E-state index in [4.69, 9.17) is 10.9 Å². The Hall–Kier alpha value is -0.300. The van der Waals surface area contributed by atoms with Crippen molar-refractivity contribution in [3.8, 4) is 0 Å². The Labute approximate surface area is 91.9 Å². The summed E-state index contributed by atoms with van der Waals surface area (Å²) in [5.74, 6) is 6.16. The number of aliphatic hydroxyl groups excluding tert-OH is 1. The molecule has 1 atom stereocenters. The lowest BCUT2D eigenvalue weighted by Gasteiger charge is -2.07. The molecule has 4 nitrogen and oxygen atoms in total. The molecule has 14 heavy (non-hydrogen) atoms. The second-order valence-electron chi connectivity index (χ2n) is 2.91. The van der Waals surface area contributed by atoms with E-state index in [1.54, 1.807) is 11.3 Å². The van der Waals surface area contributed by atoms with Gasteiger partial charge in [0.25, 0.3) is 0 Å². The molecule has 0 fully saturated rings. The van der Waals surface area contributed by atoms with E-state index in [-0.39, 0.29) is 6.61 Å². The van der Waals surface area contributed by atoms with Crippen LogP contribution in [0.4, 0.5) is 5.13 Å². The fourth-order valence-electron chi connectivity index (χ4n) is 0.930. The lowest BCUT2D eigenvalue weighted by Crippen LogP contribution is -2.05. The highest BCUT2D eigenvalue weighted by Gasteiger charge is 2.04. The molecule has 4 N–H and O–H groups in total. The van der Waals surface area contributed by atoms with Gasteiger partial charge in [-0.25, -0.2) is 10.8 Å². The number of thiazole rings is 1. The summed E-state index contributed by atoms with van der Waals surface area (Å²) in [6.07, 6.45) is 2.67. The fraction of sp³-hybridized carbons (Fsp3) is 0.625. The maximum atomic E-state index is 8.73. The minimum Gasteiger partial charge on any atom is -0.396 e. The van der Waals surface area contributed by atoms with Crippen LogP contribution in [0.2, 0.25) is 0 Å². The van der Waals surface area contributed by atoms with Gasteiger partial charge in [-0.2, -0.15) is 11.8 Å². The Balaban J connectivity index is 2.30. The number of thioether (sulfide) groups is 1. The van der Waals surface area contributed by atoms with Crippen molar-refractivity contribution in [2.75, 3.05) is 12.0 Å². The zero-order valence-corrected chi connectivity index (χ0v) is 9.70. The second kappa shape index (κ2) is 6.23. The van der Waals surface area contributed by atoms with Crippen LogP contribution in [0, 0.1) is 0 Å². The molecule has 0 aromatic carbocycles. The number of nitrogens with two attached hydrogens (primary N) is 1. The molecule has 1 aromatic heterocycles. The van der Waals surface area contributed by atoms with Crippen LogP contribution in [0.25, 0.3) is 0 Å². The summed E-state index contributed by atoms with van der Waals surface area (Å²) in [6.45, 7) is 2.37. The maximum absolute atomic E-state index is 8.73. The first kappa shape index (κ1) is 11.8. The van der Waals surface area contributed by atoms with Gasteiger partial charge in [0.15, 0.2) is 5.13 Å². The predicted octanol–water partition coefficient (Wildman–Crippen LogP) is 1.43. The third-order valence-corrected chi connectivity index (χ3v) is 4.12. The first-order valence-corrected chi connectivity index (χ1v) is 6.26. The van der Waals surface area contributed by atoms with Crippen LogP contribution >= 0.6 is 23.1 Å². The number of hydrazine groups is 1. The summed E-state index contributed by atoms with van der Waals surface area (Å²) >= 11 is 3.38. The lowest BCUT2D eigenvalue weighted by atomic mass is 10.3. The Bertz CT molecular complexity index is 267. The summed E-state index contributed by atoms with van der Waals surface area (Å²) in [6, 6.07) is 0. The molecule has 0 aliphatic rings. The van der Waals surface area contributed by atoms with Gasteiger partial charge in [0.05, 0.1) is 0 Å². The zero-order valence-electron chi connectivity index (χ0n) is 8.06. The summed E-state index contributed by atoms with van der Waals surface area (Å²) in [5, 5.41) is 9.95. The number of anilines is 1. The number of hydrogen-bond acceptors (Lipinski definition) is 6. The molecule has 80 valence electrons. The smallest absolute Gasteiger partial charge is 0.197 e. The average molecular weight is 233 g/mol. The normalized spacial score (nSPS) is 12.8. The summed E-state index contributed by atoms with van der Waals surface area (Å²) in [4.78, 5) is 5.28. The number of rotatable bonds is 6. The van der Waals surface area contributed by atoms with Gasteiger partial charge in [0.2, 0.25) is 0 Å². The van der Waals surface area contributed by atoms with Gasteiger partial charge < -0.3 is 5.11 Å². The van der Waals surface area contributed by atoms with Crippen molar-refractivity contribution < 1.29 is 5.11 Å². The van der Waals surface area contributed by atoms with Gasteiger partial charge in [0.1, 0.15) is 0 Å². The molecule has 0 spiro atoms. The SMILES string of the molecule is CC(CCO)SCc1cnc(NN)s1. The molecule has 0 saturated carbocycles. The van der Waals surface area contributed by atoms with Gasteiger partial charge in [-0.15, -0.1) is 11.3 Å². The molecule has 0 aliphatic carbocycles. The van der Waals surface area contributed by atoms with E-state index >= 15 is 0 Å². The number of nitrogen functional groups attached to an aromatic ring is 1. The quantitative estimate of drug-likeness (QED) is 0.512. The standard InChI is InChI=1S/C8H15N3OS2/c1-6(2-3-12)13-5-7-4-10-8(11-9)14-7/h4,6,12H,2-3,5,9H2,1H3,(H,10,11). The zero-order chi connectivity index (χ0) is 10.4. The van der Waals surface area contributed by atoms with Crippen LogP contribution in [-0.2, 0) is 5.75 Å². The van der Waals surface area contributed by atoms with Crippen molar-refractivity contribution >= 4 is 28.2 Å². The summed E-state index contributed by atoms with van der Waals surface area (Å²) in [5.41, 5.74) is 2.52. The minimum atomic E-state index is 0.256. The number of aromatic nitrogens is 1. The maximum Gasteiger partial charge on any atom is 0.197 e. The van der Waals surface area contributed by atoms with Crippen molar-refractivity contribution in [2.45, 2.75) is 24.3 Å². The molecular weight excluding hydrogens is 218 g/mol. The van der Waals surface area contributed by atoms with Crippen molar-refractivity contribution in [1.82, 2.24) is 4.98 Å². The predicted molar refractivity (Wildman–Crippen MR) is 62.4 cm³/mol. The van der Waals surface area contributed by atoms with Crippen molar-refractivity contribution in [3.63, 3.8) is 0 Å².